The van der Waals surface area contributed by atoms with Crippen LogP contribution < -0.4 is 0 Å². The first kappa shape index (κ1) is 14.4. The van der Waals surface area contributed by atoms with Crippen molar-refractivity contribution in [3.05, 3.63) is 58.8 Å². The maximum atomic E-state index is 10.9. The molecule has 0 saturated carbocycles. The van der Waals surface area contributed by atoms with Gasteiger partial charge in [-0.1, -0.05) is 6.07 Å². The summed E-state index contributed by atoms with van der Waals surface area (Å²) in [5.74, 6) is -1.30. The average Bonchev–Trinajstić information content (AvgIpc) is 2.99. The zero-order valence-electron chi connectivity index (χ0n) is 11.6. The molecule has 0 bridgehead atoms. The van der Waals surface area contributed by atoms with Crippen molar-refractivity contribution in [2.75, 3.05) is 0 Å². The van der Waals surface area contributed by atoms with Crippen molar-refractivity contribution in [2.24, 2.45) is 0 Å². The minimum absolute atomic E-state index is 0.0810. The van der Waals surface area contributed by atoms with Crippen LogP contribution in [0.4, 0.5) is 5.69 Å². The highest BCUT2D eigenvalue weighted by molar-refractivity contribution is 5.70. The minimum atomic E-state index is -0.787. The van der Waals surface area contributed by atoms with E-state index < -0.39 is 22.1 Å². The number of phenols is 3. The highest BCUT2D eigenvalue weighted by atomic mass is 16.6. The fourth-order valence-corrected chi connectivity index (χ4v) is 2.15. The van der Waals surface area contributed by atoms with E-state index in [2.05, 4.69) is 5.10 Å². The summed E-state index contributed by atoms with van der Waals surface area (Å²) >= 11 is 0. The van der Waals surface area contributed by atoms with E-state index in [4.69, 9.17) is 0 Å². The largest absolute Gasteiger partial charge is 0.508 e. The molecule has 8 nitrogen and oxygen atoms in total. The van der Waals surface area contributed by atoms with E-state index >= 15 is 0 Å². The van der Waals surface area contributed by atoms with Crippen LogP contribution in [-0.4, -0.2) is 30.0 Å². The first-order valence-electron chi connectivity index (χ1n) is 6.51. The standard InChI is InChI=1S/C15H11N3O5/c19-11-3-1-2-10(8-11)17-5-4-12(16-17)9-6-13(18(22)23)15(21)14(20)7-9/h1-8,19-21H. The third-order valence-corrected chi connectivity index (χ3v) is 3.25. The predicted molar refractivity (Wildman–Crippen MR) is 80.6 cm³/mol. The Morgan fingerprint density at radius 2 is 1.87 bits per heavy atom. The molecule has 0 aliphatic heterocycles. The highest BCUT2D eigenvalue weighted by Gasteiger charge is 2.20. The normalized spacial score (nSPS) is 10.6. The molecular formula is C15H11N3O5. The van der Waals surface area contributed by atoms with Gasteiger partial charge in [0.2, 0.25) is 5.75 Å². The lowest BCUT2D eigenvalue weighted by Gasteiger charge is -2.03. The first-order chi connectivity index (χ1) is 11.0. The summed E-state index contributed by atoms with van der Waals surface area (Å²) in [4.78, 5) is 10.1. The second-order valence-electron chi connectivity index (χ2n) is 4.79. The SMILES string of the molecule is O=[N+]([O-])c1cc(-c2ccn(-c3cccc(O)c3)n2)cc(O)c1O. The van der Waals surface area contributed by atoms with E-state index in [0.29, 0.717) is 11.4 Å². The molecule has 0 aliphatic rings. The summed E-state index contributed by atoms with van der Waals surface area (Å²) in [6.45, 7) is 0. The summed E-state index contributed by atoms with van der Waals surface area (Å²) in [5, 5.41) is 43.8. The summed E-state index contributed by atoms with van der Waals surface area (Å²) in [6, 6.07) is 10.3. The Morgan fingerprint density at radius 3 is 2.57 bits per heavy atom. The zero-order valence-corrected chi connectivity index (χ0v) is 11.6. The van der Waals surface area contributed by atoms with Crippen molar-refractivity contribution in [3.8, 4) is 34.2 Å². The van der Waals surface area contributed by atoms with E-state index in [1.165, 1.54) is 22.9 Å². The maximum absolute atomic E-state index is 10.9. The van der Waals surface area contributed by atoms with Gasteiger partial charge in [-0.3, -0.25) is 10.1 Å². The summed E-state index contributed by atoms with van der Waals surface area (Å²) in [5.41, 5.74) is 0.651. The van der Waals surface area contributed by atoms with E-state index in [1.54, 1.807) is 24.4 Å². The Balaban J connectivity index is 2.06. The second kappa shape index (κ2) is 5.34. The summed E-state index contributed by atoms with van der Waals surface area (Å²) < 4.78 is 1.48. The Morgan fingerprint density at radius 1 is 1.09 bits per heavy atom. The van der Waals surface area contributed by atoms with Gasteiger partial charge in [-0.05, 0) is 24.3 Å². The molecule has 3 rings (SSSR count). The number of rotatable bonds is 3. The average molecular weight is 313 g/mol. The monoisotopic (exact) mass is 313 g/mol. The van der Waals surface area contributed by atoms with Crippen LogP contribution in [-0.2, 0) is 0 Å². The number of nitrogens with zero attached hydrogens (tertiary/aromatic N) is 3. The van der Waals surface area contributed by atoms with E-state index in [9.17, 15) is 25.4 Å². The van der Waals surface area contributed by atoms with Crippen LogP contribution in [0.25, 0.3) is 16.9 Å². The Hall–Kier alpha value is -3.55. The summed E-state index contributed by atoms with van der Waals surface area (Å²) in [6.07, 6.45) is 1.61. The molecule has 8 heteroatoms. The molecule has 0 aliphatic carbocycles. The van der Waals surface area contributed by atoms with E-state index in [-0.39, 0.29) is 11.3 Å². The number of phenolic OH excluding ortho intramolecular Hbond substituents is 3. The van der Waals surface area contributed by atoms with Crippen LogP contribution in [0, 0.1) is 10.1 Å². The van der Waals surface area contributed by atoms with Gasteiger partial charge in [0.15, 0.2) is 5.75 Å². The maximum Gasteiger partial charge on any atom is 0.315 e. The van der Waals surface area contributed by atoms with Gasteiger partial charge >= 0.3 is 5.69 Å². The van der Waals surface area contributed by atoms with Crippen LogP contribution >= 0.6 is 0 Å². The van der Waals surface area contributed by atoms with Crippen LogP contribution in [0.15, 0.2) is 48.7 Å². The van der Waals surface area contributed by atoms with Crippen LogP contribution in [0.3, 0.4) is 0 Å². The fraction of sp³-hybridized carbons (Fsp3) is 0. The van der Waals surface area contributed by atoms with E-state index in [1.807, 2.05) is 0 Å². The first-order valence-corrected chi connectivity index (χ1v) is 6.51. The number of hydrogen-bond acceptors (Lipinski definition) is 6. The molecule has 0 radical (unpaired) electrons. The van der Waals surface area contributed by atoms with Crippen molar-refractivity contribution in [3.63, 3.8) is 0 Å². The molecule has 0 fully saturated rings. The van der Waals surface area contributed by atoms with Crippen molar-refractivity contribution in [1.82, 2.24) is 9.78 Å². The van der Waals surface area contributed by atoms with Gasteiger partial charge in [0.1, 0.15) is 5.75 Å². The van der Waals surface area contributed by atoms with Gasteiger partial charge in [0.05, 0.1) is 16.3 Å². The smallest absolute Gasteiger partial charge is 0.315 e. The van der Waals surface area contributed by atoms with Crippen LogP contribution in [0.1, 0.15) is 0 Å². The lowest BCUT2D eigenvalue weighted by atomic mass is 10.1. The molecule has 1 heterocycles. The number of nitro benzene ring substituents is 1. The molecule has 0 saturated heterocycles. The molecule has 3 N–H and O–H groups in total. The molecule has 3 aromatic rings. The van der Waals surface area contributed by atoms with E-state index in [0.717, 1.165) is 6.07 Å². The van der Waals surface area contributed by atoms with Crippen molar-refractivity contribution >= 4 is 5.69 Å². The Labute approximate surface area is 129 Å². The van der Waals surface area contributed by atoms with Gasteiger partial charge < -0.3 is 15.3 Å². The molecule has 116 valence electrons. The third-order valence-electron chi connectivity index (χ3n) is 3.25. The third kappa shape index (κ3) is 2.64. The predicted octanol–water partition coefficient (Wildman–Crippen LogP) is 2.56. The van der Waals surface area contributed by atoms with Crippen molar-refractivity contribution < 1.29 is 20.2 Å². The molecule has 0 unspecified atom stereocenters. The van der Waals surface area contributed by atoms with Gasteiger partial charge in [-0.2, -0.15) is 5.10 Å². The number of aromatic hydroxyl groups is 3. The van der Waals surface area contributed by atoms with Crippen molar-refractivity contribution in [2.45, 2.75) is 0 Å². The van der Waals surface area contributed by atoms with Gasteiger partial charge in [0.25, 0.3) is 0 Å². The number of hydrogen-bond donors (Lipinski definition) is 3. The van der Waals surface area contributed by atoms with Gasteiger partial charge in [-0.25, -0.2) is 4.68 Å². The fourth-order valence-electron chi connectivity index (χ4n) is 2.15. The lowest BCUT2D eigenvalue weighted by molar-refractivity contribution is -0.385. The van der Waals surface area contributed by atoms with Crippen molar-refractivity contribution in [1.29, 1.82) is 0 Å². The highest BCUT2D eigenvalue weighted by Crippen LogP contribution is 2.39. The quantitative estimate of drug-likeness (QED) is 0.388. The van der Waals surface area contributed by atoms with Gasteiger partial charge in [-0.15, -0.1) is 0 Å². The number of benzene rings is 2. The molecule has 0 amide bonds. The number of nitro groups is 1. The minimum Gasteiger partial charge on any atom is -0.508 e. The molecular weight excluding hydrogens is 302 g/mol. The van der Waals surface area contributed by atoms with Crippen LogP contribution in [0.2, 0.25) is 0 Å². The second-order valence-corrected chi connectivity index (χ2v) is 4.79. The van der Waals surface area contributed by atoms with Crippen LogP contribution in [0.5, 0.6) is 17.2 Å². The Kier molecular flexibility index (Phi) is 3.34. The zero-order chi connectivity index (χ0) is 16.6. The Bertz CT molecular complexity index is 904. The topological polar surface area (TPSA) is 122 Å². The molecule has 0 spiro atoms. The molecule has 1 aromatic heterocycles. The molecule has 23 heavy (non-hydrogen) atoms. The number of aromatic nitrogens is 2. The molecule has 0 atom stereocenters. The summed E-state index contributed by atoms with van der Waals surface area (Å²) in [7, 11) is 0. The molecule has 2 aromatic carbocycles. The lowest BCUT2D eigenvalue weighted by Crippen LogP contribution is -1.95. The van der Waals surface area contributed by atoms with Gasteiger partial charge in [0, 0.05) is 23.9 Å².